The van der Waals surface area contributed by atoms with Gasteiger partial charge in [-0.1, -0.05) is 15.9 Å². The molecule has 16 heavy (non-hydrogen) atoms. The van der Waals surface area contributed by atoms with E-state index in [1.165, 1.54) is 19.3 Å². The van der Waals surface area contributed by atoms with Gasteiger partial charge in [-0.2, -0.15) is 0 Å². The first-order chi connectivity index (χ1) is 7.65. The van der Waals surface area contributed by atoms with Crippen LogP contribution in [-0.2, 0) is 9.53 Å². The molecule has 2 rings (SSSR count). The first kappa shape index (κ1) is 12.4. The maximum atomic E-state index is 11.8. The molecule has 0 radical (unpaired) electrons. The van der Waals surface area contributed by atoms with Gasteiger partial charge < -0.3 is 10.1 Å². The van der Waals surface area contributed by atoms with Crippen LogP contribution in [0.4, 0.5) is 0 Å². The SMILES string of the molecule is CC1CC(C(=O)NCC2CCC(Br)C2)CO1. The molecule has 1 heterocycles. The lowest BCUT2D eigenvalue weighted by atomic mass is 10.0. The standard InChI is InChI=1S/C12H20BrNO2/c1-8-4-10(7-16-8)12(15)14-6-9-2-3-11(13)5-9/h8-11H,2-7H2,1H3,(H,14,15). The van der Waals surface area contributed by atoms with E-state index in [9.17, 15) is 4.79 Å². The summed E-state index contributed by atoms with van der Waals surface area (Å²) in [7, 11) is 0. The highest BCUT2D eigenvalue weighted by Crippen LogP contribution is 2.30. The minimum Gasteiger partial charge on any atom is -0.378 e. The zero-order valence-electron chi connectivity index (χ0n) is 9.75. The van der Waals surface area contributed by atoms with Crippen molar-refractivity contribution in [3.63, 3.8) is 0 Å². The number of carbonyl (C=O) groups is 1. The van der Waals surface area contributed by atoms with Crippen LogP contribution in [0.25, 0.3) is 0 Å². The summed E-state index contributed by atoms with van der Waals surface area (Å²) in [5.41, 5.74) is 0. The summed E-state index contributed by atoms with van der Waals surface area (Å²) >= 11 is 3.63. The molecule has 1 N–H and O–H groups in total. The van der Waals surface area contributed by atoms with Crippen LogP contribution in [0.3, 0.4) is 0 Å². The van der Waals surface area contributed by atoms with Gasteiger partial charge in [-0.15, -0.1) is 0 Å². The molecule has 92 valence electrons. The Morgan fingerprint density at radius 2 is 2.25 bits per heavy atom. The van der Waals surface area contributed by atoms with Crippen molar-refractivity contribution in [2.45, 2.75) is 43.5 Å². The van der Waals surface area contributed by atoms with Crippen molar-refractivity contribution in [1.29, 1.82) is 0 Å². The number of carbonyl (C=O) groups excluding carboxylic acids is 1. The third-order valence-electron chi connectivity index (χ3n) is 3.61. The number of hydrogen-bond donors (Lipinski definition) is 1. The van der Waals surface area contributed by atoms with Gasteiger partial charge >= 0.3 is 0 Å². The van der Waals surface area contributed by atoms with Crippen LogP contribution in [0.15, 0.2) is 0 Å². The number of ether oxygens (including phenoxy) is 1. The zero-order valence-corrected chi connectivity index (χ0v) is 11.3. The van der Waals surface area contributed by atoms with Crippen molar-refractivity contribution in [2.24, 2.45) is 11.8 Å². The normalized spacial score (nSPS) is 38.9. The fourth-order valence-electron chi connectivity index (χ4n) is 2.59. The van der Waals surface area contributed by atoms with E-state index in [0.29, 0.717) is 17.4 Å². The Balaban J connectivity index is 1.68. The molecule has 0 spiro atoms. The van der Waals surface area contributed by atoms with Gasteiger partial charge in [0.2, 0.25) is 5.91 Å². The third-order valence-corrected chi connectivity index (χ3v) is 4.44. The molecule has 1 saturated heterocycles. The van der Waals surface area contributed by atoms with Gasteiger partial charge in [0.1, 0.15) is 0 Å². The summed E-state index contributed by atoms with van der Waals surface area (Å²) in [5.74, 6) is 0.923. The molecule has 1 amide bonds. The van der Waals surface area contributed by atoms with Gasteiger partial charge in [0, 0.05) is 11.4 Å². The van der Waals surface area contributed by atoms with Gasteiger partial charge in [0.05, 0.1) is 18.6 Å². The molecule has 1 aliphatic heterocycles. The summed E-state index contributed by atoms with van der Waals surface area (Å²) in [6, 6.07) is 0. The molecule has 1 aliphatic carbocycles. The summed E-state index contributed by atoms with van der Waals surface area (Å²) in [4.78, 5) is 12.5. The maximum Gasteiger partial charge on any atom is 0.225 e. The molecule has 1 saturated carbocycles. The lowest BCUT2D eigenvalue weighted by Gasteiger charge is -2.13. The fraction of sp³-hybridized carbons (Fsp3) is 0.917. The molecule has 4 heteroatoms. The van der Waals surface area contributed by atoms with Gasteiger partial charge in [0.25, 0.3) is 0 Å². The monoisotopic (exact) mass is 289 g/mol. The van der Waals surface area contributed by atoms with Gasteiger partial charge in [-0.3, -0.25) is 4.79 Å². The van der Waals surface area contributed by atoms with E-state index in [2.05, 4.69) is 21.2 Å². The van der Waals surface area contributed by atoms with Crippen LogP contribution in [0.5, 0.6) is 0 Å². The van der Waals surface area contributed by atoms with Crippen molar-refractivity contribution in [1.82, 2.24) is 5.32 Å². The van der Waals surface area contributed by atoms with E-state index in [1.807, 2.05) is 6.92 Å². The average molecular weight is 290 g/mol. The number of amides is 1. The third kappa shape index (κ3) is 3.20. The van der Waals surface area contributed by atoms with Crippen molar-refractivity contribution >= 4 is 21.8 Å². The second kappa shape index (κ2) is 5.50. The average Bonchev–Trinajstić information content (AvgIpc) is 2.84. The zero-order chi connectivity index (χ0) is 11.5. The van der Waals surface area contributed by atoms with Crippen LogP contribution in [-0.4, -0.2) is 30.0 Å². The van der Waals surface area contributed by atoms with Crippen molar-refractivity contribution in [2.75, 3.05) is 13.2 Å². The number of rotatable bonds is 3. The highest BCUT2D eigenvalue weighted by Gasteiger charge is 2.29. The fourth-order valence-corrected chi connectivity index (χ4v) is 3.38. The first-order valence-corrected chi connectivity index (χ1v) is 7.10. The smallest absolute Gasteiger partial charge is 0.225 e. The Bertz CT molecular complexity index is 259. The predicted octanol–water partition coefficient (Wildman–Crippen LogP) is 2.09. The van der Waals surface area contributed by atoms with Crippen molar-refractivity contribution < 1.29 is 9.53 Å². The van der Waals surface area contributed by atoms with Crippen LogP contribution < -0.4 is 5.32 Å². The van der Waals surface area contributed by atoms with Crippen LogP contribution in [0.1, 0.15) is 32.6 Å². The molecule has 3 nitrogen and oxygen atoms in total. The van der Waals surface area contributed by atoms with Crippen LogP contribution in [0.2, 0.25) is 0 Å². The highest BCUT2D eigenvalue weighted by molar-refractivity contribution is 9.09. The highest BCUT2D eigenvalue weighted by atomic mass is 79.9. The number of hydrogen-bond acceptors (Lipinski definition) is 2. The lowest BCUT2D eigenvalue weighted by Crippen LogP contribution is -2.34. The number of alkyl halides is 1. The van der Waals surface area contributed by atoms with E-state index in [4.69, 9.17) is 4.74 Å². The topological polar surface area (TPSA) is 38.3 Å². The van der Waals surface area contributed by atoms with E-state index in [0.717, 1.165) is 13.0 Å². The van der Waals surface area contributed by atoms with Gasteiger partial charge in [-0.05, 0) is 38.5 Å². The molecular weight excluding hydrogens is 270 g/mol. The largest absolute Gasteiger partial charge is 0.378 e. The molecule has 0 aromatic heterocycles. The van der Waals surface area contributed by atoms with Crippen molar-refractivity contribution in [3.8, 4) is 0 Å². The van der Waals surface area contributed by atoms with E-state index in [1.54, 1.807) is 0 Å². The quantitative estimate of drug-likeness (QED) is 0.808. The van der Waals surface area contributed by atoms with Gasteiger partial charge in [0.15, 0.2) is 0 Å². The molecule has 2 fully saturated rings. The molecule has 4 atom stereocenters. The molecule has 4 unspecified atom stereocenters. The van der Waals surface area contributed by atoms with Crippen molar-refractivity contribution in [3.05, 3.63) is 0 Å². The molecular formula is C12H20BrNO2. The van der Waals surface area contributed by atoms with Crippen LogP contribution >= 0.6 is 15.9 Å². The predicted molar refractivity (Wildman–Crippen MR) is 66.6 cm³/mol. The lowest BCUT2D eigenvalue weighted by molar-refractivity contribution is -0.125. The summed E-state index contributed by atoms with van der Waals surface area (Å²) in [6.45, 7) is 3.46. The molecule has 0 bridgehead atoms. The molecule has 0 aromatic rings. The Hall–Kier alpha value is -0.0900. The minimum absolute atomic E-state index is 0.0798. The second-order valence-corrected chi connectivity index (χ2v) is 6.39. The Kier molecular flexibility index (Phi) is 4.25. The Labute approximate surface area is 105 Å². The number of halogens is 1. The Morgan fingerprint density at radius 3 is 2.81 bits per heavy atom. The summed E-state index contributed by atoms with van der Waals surface area (Å²) < 4.78 is 5.41. The van der Waals surface area contributed by atoms with E-state index in [-0.39, 0.29) is 17.9 Å². The van der Waals surface area contributed by atoms with E-state index >= 15 is 0 Å². The van der Waals surface area contributed by atoms with Crippen LogP contribution in [0, 0.1) is 11.8 Å². The summed E-state index contributed by atoms with van der Waals surface area (Å²) in [6.07, 6.45) is 4.78. The minimum atomic E-state index is 0.0798. The van der Waals surface area contributed by atoms with E-state index < -0.39 is 0 Å². The Morgan fingerprint density at radius 1 is 1.44 bits per heavy atom. The molecule has 2 aliphatic rings. The number of nitrogens with one attached hydrogen (secondary N) is 1. The van der Waals surface area contributed by atoms with Gasteiger partial charge in [-0.25, -0.2) is 0 Å². The molecule has 0 aromatic carbocycles. The second-order valence-electron chi connectivity index (χ2n) is 5.10. The summed E-state index contributed by atoms with van der Waals surface area (Å²) in [5, 5.41) is 3.07. The maximum absolute atomic E-state index is 11.8. The first-order valence-electron chi connectivity index (χ1n) is 6.18.